The van der Waals surface area contributed by atoms with Crippen LogP contribution in [0.5, 0.6) is 0 Å². The molecule has 0 aliphatic heterocycles. The molecule has 0 aliphatic rings. The van der Waals surface area contributed by atoms with Gasteiger partial charge in [0.05, 0.1) is 0 Å². The van der Waals surface area contributed by atoms with Gasteiger partial charge in [-0.2, -0.15) is 0 Å². The second-order valence-corrected chi connectivity index (χ2v) is 5.81. The summed E-state index contributed by atoms with van der Waals surface area (Å²) >= 11 is 0. The summed E-state index contributed by atoms with van der Waals surface area (Å²) in [6.07, 6.45) is 0. The highest BCUT2D eigenvalue weighted by Crippen LogP contribution is 2.16. The number of carbonyl (C=O) groups excluding carboxylic acids is 2. The molecule has 0 aromatic heterocycles. The van der Waals surface area contributed by atoms with Crippen LogP contribution in [0.3, 0.4) is 0 Å². The maximum Gasteiger partial charge on any atom is 0.255 e. The third-order valence-corrected chi connectivity index (χ3v) is 3.88. The van der Waals surface area contributed by atoms with Gasteiger partial charge in [-0.25, -0.2) is 4.39 Å². The molecule has 0 bridgehead atoms. The fourth-order valence-corrected chi connectivity index (χ4v) is 2.45. The summed E-state index contributed by atoms with van der Waals surface area (Å²) in [5.74, 6) is -1.05. The minimum Gasteiger partial charge on any atom is -0.322 e. The topological polar surface area (TPSA) is 58.2 Å². The lowest BCUT2D eigenvalue weighted by atomic mass is 10.1. The highest BCUT2D eigenvalue weighted by Gasteiger charge is 2.12. The lowest BCUT2D eigenvalue weighted by Crippen LogP contribution is -2.16. The number of halogens is 1. The molecule has 0 saturated heterocycles. The van der Waals surface area contributed by atoms with Crippen molar-refractivity contribution < 1.29 is 14.0 Å². The van der Waals surface area contributed by atoms with Crippen molar-refractivity contribution in [3.63, 3.8) is 0 Å². The first-order valence-corrected chi connectivity index (χ1v) is 8.07. The lowest BCUT2D eigenvalue weighted by Gasteiger charge is -2.09. The number of hydrogen-bond donors (Lipinski definition) is 2. The number of anilines is 2. The lowest BCUT2D eigenvalue weighted by molar-refractivity contribution is 0.102. The summed E-state index contributed by atoms with van der Waals surface area (Å²) in [6, 6.07) is 19.4. The van der Waals surface area contributed by atoms with Crippen molar-refractivity contribution in [1.82, 2.24) is 0 Å². The van der Waals surface area contributed by atoms with Gasteiger partial charge in [0.1, 0.15) is 5.82 Å². The SMILES string of the molecule is Cc1ccccc1NC(=O)c1cccc(C(=O)Nc2ccc(F)cc2)c1. The third kappa shape index (κ3) is 4.13. The van der Waals surface area contributed by atoms with Crippen LogP contribution in [0.25, 0.3) is 0 Å². The third-order valence-electron chi connectivity index (χ3n) is 3.88. The molecule has 0 spiro atoms. The van der Waals surface area contributed by atoms with Gasteiger partial charge in [-0.15, -0.1) is 0 Å². The van der Waals surface area contributed by atoms with Crippen LogP contribution in [-0.2, 0) is 0 Å². The number of amides is 2. The Kier molecular flexibility index (Phi) is 5.08. The largest absolute Gasteiger partial charge is 0.322 e. The smallest absolute Gasteiger partial charge is 0.255 e. The van der Waals surface area contributed by atoms with Gasteiger partial charge in [0, 0.05) is 22.5 Å². The maximum absolute atomic E-state index is 12.9. The fraction of sp³-hybridized carbons (Fsp3) is 0.0476. The average Bonchev–Trinajstić information content (AvgIpc) is 2.65. The van der Waals surface area contributed by atoms with E-state index in [1.165, 1.54) is 30.3 Å². The molecule has 3 aromatic rings. The summed E-state index contributed by atoms with van der Waals surface area (Å²) in [4.78, 5) is 24.8. The van der Waals surface area contributed by atoms with Gasteiger partial charge < -0.3 is 10.6 Å². The van der Waals surface area contributed by atoms with E-state index in [-0.39, 0.29) is 17.6 Å². The van der Waals surface area contributed by atoms with E-state index < -0.39 is 0 Å². The first-order valence-electron chi connectivity index (χ1n) is 8.07. The monoisotopic (exact) mass is 348 g/mol. The van der Waals surface area contributed by atoms with Crippen LogP contribution in [0.1, 0.15) is 26.3 Å². The molecule has 0 saturated carbocycles. The number of rotatable bonds is 4. The maximum atomic E-state index is 12.9. The zero-order valence-corrected chi connectivity index (χ0v) is 14.1. The Morgan fingerprint density at radius 1 is 0.769 bits per heavy atom. The normalized spacial score (nSPS) is 10.2. The van der Waals surface area contributed by atoms with E-state index >= 15 is 0 Å². The zero-order valence-electron chi connectivity index (χ0n) is 14.1. The van der Waals surface area contributed by atoms with Gasteiger partial charge in [-0.1, -0.05) is 24.3 Å². The van der Waals surface area contributed by atoms with E-state index in [0.717, 1.165) is 11.3 Å². The number of hydrogen-bond acceptors (Lipinski definition) is 2. The van der Waals surface area contributed by atoms with Gasteiger partial charge in [0.15, 0.2) is 0 Å². The van der Waals surface area contributed by atoms with Crippen LogP contribution in [0.4, 0.5) is 15.8 Å². The minimum atomic E-state index is -0.377. The van der Waals surface area contributed by atoms with Crippen molar-refractivity contribution >= 4 is 23.2 Å². The highest BCUT2D eigenvalue weighted by atomic mass is 19.1. The van der Waals surface area contributed by atoms with Crippen molar-refractivity contribution in [1.29, 1.82) is 0 Å². The summed E-state index contributed by atoms with van der Waals surface area (Å²) in [5.41, 5.74) is 2.86. The molecule has 0 unspecified atom stereocenters. The quantitative estimate of drug-likeness (QED) is 0.722. The van der Waals surface area contributed by atoms with E-state index in [4.69, 9.17) is 0 Å². The van der Waals surface area contributed by atoms with Gasteiger partial charge in [-0.3, -0.25) is 9.59 Å². The molecule has 3 aromatic carbocycles. The summed E-state index contributed by atoms with van der Waals surface area (Å²) < 4.78 is 12.9. The molecule has 0 aliphatic carbocycles. The number of aryl methyl sites for hydroxylation is 1. The fourth-order valence-electron chi connectivity index (χ4n) is 2.45. The van der Waals surface area contributed by atoms with E-state index in [9.17, 15) is 14.0 Å². The second kappa shape index (κ2) is 7.61. The van der Waals surface area contributed by atoms with Crippen LogP contribution < -0.4 is 10.6 Å². The average molecular weight is 348 g/mol. The van der Waals surface area contributed by atoms with Gasteiger partial charge in [0.2, 0.25) is 0 Å². The predicted octanol–water partition coefficient (Wildman–Crippen LogP) is 4.64. The van der Waals surface area contributed by atoms with Crippen molar-refractivity contribution in [2.75, 3.05) is 10.6 Å². The van der Waals surface area contributed by atoms with E-state index in [1.54, 1.807) is 18.2 Å². The number of nitrogens with one attached hydrogen (secondary N) is 2. The molecule has 0 heterocycles. The molecule has 2 amide bonds. The molecule has 130 valence electrons. The van der Waals surface area contributed by atoms with Crippen molar-refractivity contribution in [2.24, 2.45) is 0 Å². The minimum absolute atomic E-state index is 0.296. The number of para-hydroxylation sites is 1. The summed E-state index contributed by atoms with van der Waals surface area (Å²) in [7, 11) is 0. The standard InChI is InChI=1S/C21H17FN2O2/c1-14-5-2-3-8-19(14)24-21(26)16-7-4-6-15(13-16)20(25)23-18-11-9-17(22)10-12-18/h2-13H,1H3,(H,23,25)(H,24,26). The van der Waals surface area contributed by atoms with Crippen molar-refractivity contribution in [3.05, 3.63) is 95.3 Å². The van der Waals surface area contributed by atoms with Crippen LogP contribution in [-0.4, -0.2) is 11.8 Å². The van der Waals surface area contributed by atoms with Gasteiger partial charge in [-0.05, 0) is 61.0 Å². The van der Waals surface area contributed by atoms with Crippen LogP contribution in [0.2, 0.25) is 0 Å². The predicted molar refractivity (Wildman–Crippen MR) is 99.9 cm³/mol. The Morgan fingerprint density at radius 2 is 1.38 bits per heavy atom. The molecule has 2 N–H and O–H groups in total. The zero-order chi connectivity index (χ0) is 18.5. The molecule has 26 heavy (non-hydrogen) atoms. The highest BCUT2D eigenvalue weighted by molar-refractivity contribution is 6.08. The summed E-state index contributed by atoms with van der Waals surface area (Å²) in [5, 5.41) is 5.51. The Balaban J connectivity index is 1.75. The second-order valence-electron chi connectivity index (χ2n) is 5.81. The van der Waals surface area contributed by atoms with E-state index in [1.807, 2.05) is 31.2 Å². The molecular weight excluding hydrogens is 331 g/mol. The van der Waals surface area contributed by atoms with Crippen LogP contribution in [0.15, 0.2) is 72.8 Å². The van der Waals surface area contributed by atoms with Crippen molar-refractivity contribution in [2.45, 2.75) is 6.92 Å². The molecule has 0 atom stereocenters. The first kappa shape index (κ1) is 17.4. The Labute approximate surface area is 150 Å². The Morgan fingerprint density at radius 3 is 2.04 bits per heavy atom. The summed E-state index contributed by atoms with van der Waals surface area (Å²) in [6.45, 7) is 1.90. The molecular formula is C21H17FN2O2. The molecule has 0 fully saturated rings. The van der Waals surface area contributed by atoms with Gasteiger partial charge in [0.25, 0.3) is 11.8 Å². The molecule has 0 radical (unpaired) electrons. The van der Waals surface area contributed by atoms with Crippen LogP contribution in [0, 0.1) is 12.7 Å². The van der Waals surface area contributed by atoms with Crippen LogP contribution >= 0.6 is 0 Å². The Hall–Kier alpha value is -3.47. The Bertz CT molecular complexity index is 952. The first-order chi connectivity index (χ1) is 12.5. The van der Waals surface area contributed by atoms with Gasteiger partial charge >= 0.3 is 0 Å². The number of carbonyl (C=O) groups is 2. The number of benzene rings is 3. The van der Waals surface area contributed by atoms with Crippen molar-refractivity contribution in [3.8, 4) is 0 Å². The molecule has 3 rings (SSSR count). The van der Waals surface area contributed by atoms with E-state index in [2.05, 4.69) is 10.6 Å². The molecule has 4 nitrogen and oxygen atoms in total. The van der Waals surface area contributed by atoms with E-state index in [0.29, 0.717) is 16.8 Å². The molecule has 5 heteroatoms.